The van der Waals surface area contributed by atoms with Gasteiger partial charge in [-0.1, -0.05) is 49.0 Å². The van der Waals surface area contributed by atoms with Gasteiger partial charge in [0.15, 0.2) is 0 Å². The van der Waals surface area contributed by atoms with Crippen LogP contribution in [0.5, 0.6) is 0 Å². The van der Waals surface area contributed by atoms with Gasteiger partial charge in [0.1, 0.15) is 0 Å². The van der Waals surface area contributed by atoms with Gasteiger partial charge in [-0.05, 0) is 62.7 Å². The molecule has 1 aromatic heterocycles. The predicted octanol–water partition coefficient (Wildman–Crippen LogP) is 6.92. The van der Waals surface area contributed by atoms with Crippen LogP contribution in [0.4, 0.5) is 5.69 Å². The van der Waals surface area contributed by atoms with Crippen molar-refractivity contribution in [2.75, 3.05) is 18.0 Å². The Morgan fingerprint density at radius 2 is 1.85 bits per heavy atom. The Labute approximate surface area is 168 Å². The highest BCUT2D eigenvalue weighted by atomic mass is 35.5. The molecule has 142 valence electrons. The molecule has 1 saturated heterocycles. The van der Waals surface area contributed by atoms with E-state index in [2.05, 4.69) is 24.8 Å². The minimum atomic E-state index is -0.00229. The largest absolute Gasteiger partial charge is 0.370 e. The summed E-state index contributed by atoms with van der Waals surface area (Å²) in [5, 5.41) is 1.24. The number of rotatable bonds is 4. The lowest BCUT2D eigenvalue weighted by molar-refractivity contribution is 0.226. The summed E-state index contributed by atoms with van der Waals surface area (Å²) in [5.41, 5.74) is 4.07. The Bertz CT molecular complexity index is 692. The molecule has 4 heteroatoms. The Balaban J connectivity index is 1.73. The first-order valence-corrected chi connectivity index (χ1v) is 10.6. The van der Waals surface area contributed by atoms with E-state index in [0.717, 1.165) is 18.8 Å². The summed E-state index contributed by atoms with van der Waals surface area (Å²) in [6, 6.07) is 2.26. The van der Waals surface area contributed by atoms with E-state index in [1.807, 2.05) is 25.3 Å². The first-order chi connectivity index (χ1) is 12.5. The molecule has 0 amide bonds. The van der Waals surface area contributed by atoms with Gasteiger partial charge >= 0.3 is 0 Å². The van der Waals surface area contributed by atoms with Gasteiger partial charge < -0.3 is 4.90 Å². The lowest BCUT2D eigenvalue weighted by atomic mass is 9.77. The van der Waals surface area contributed by atoms with Gasteiger partial charge in [-0.2, -0.15) is 0 Å². The lowest BCUT2D eigenvalue weighted by Gasteiger charge is -2.40. The van der Waals surface area contributed by atoms with Crippen LogP contribution in [0, 0.1) is 12.3 Å². The monoisotopic (exact) mass is 392 g/mol. The highest BCUT2D eigenvalue weighted by molar-refractivity contribution is 6.40. The average molecular weight is 393 g/mol. The van der Waals surface area contributed by atoms with Crippen molar-refractivity contribution >= 4 is 28.9 Å². The van der Waals surface area contributed by atoms with Crippen LogP contribution in [-0.2, 0) is 0 Å². The molecule has 1 spiro atoms. The van der Waals surface area contributed by atoms with Crippen LogP contribution >= 0.6 is 23.2 Å². The Kier molecular flexibility index (Phi) is 6.35. The molecule has 26 heavy (non-hydrogen) atoms. The summed E-state index contributed by atoms with van der Waals surface area (Å²) in [5.74, 6) is -0.00229. The Hall–Kier alpha value is -0.990. The quantitative estimate of drug-likeness (QED) is 0.516. The van der Waals surface area contributed by atoms with Gasteiger partial charge in [0.25, 0.3) is 0 Å². The van der Waals surface area contributed by atoms with E-state index in [4.69, 9.17) is 28.2 Å². The molecule has 3 rings (SSSR count). The Morgan fingerprint density at radius 3 is 2.42 bits per heavy atom. The Morgan fingerprint density at radius 1 is 1.19 bits per heavy atom. The average Bonchev–Trinajstić information content (AvgIpc) is 3.09. The second kappa shape index (κ2) is 8.35. The zero-order chi connectivity index (χ0) is 18.7. The third-order valence-corrected chi connectivity index (χ3v) is 7.25. The maximum atomic E-state index is 6.47. The third kappa shape index (κ3) is 4.12. The first kappa shape index (κ1) is 19.8. The zero-order valence-electron chi connectivity index (χ0n) is 16.2. The molecule has 2 heterocycles. The molecule has 2 fully saturated rings. The standard InChI is InChI=1S/C22H30Cl2N2/c1-4-7-19(23)20(24)17(3)21-16(2)14-18(15-25-21)26-12-10-22(11-13-26)8-5-6-9-22/h4,7,14-15,17H,5-6,8-13H2,1-3H3/b7-4-,20-19-. The zero-order valence-corrected chi connectivity index (χ0v) is 17.7. The van der Waals surface area contributed by atoms with Gasteiger partial charge in [0, 0.05) is 24.0 Å². The van der Waals surface area contributed by atoms with Crippen LogP contribution in [0.2, 0.25) is 0 Å². The van der Waals surface area contributed by atoms with Crippen molar-refractivity contribution in [1.29, 1.82) is 0 Å². The molecule has 2 aliphatic rings. The molecule has 0 radical (unpaired) electrons. The molecule has 1 aromatic rings. The number of nitrogens with zero attached hydrogens (tertiary/aromatic N) is 2. The van der Waals surface area contributed by atoms with E-state index < -0.39 is 0 Å². The van der Waals surface area contributed by atoms with E-state index in [0.29, 0.717) is 15.5 Å². The normalized spacial score (nSPS) is 22.1. The summed E-state index contributed by atoms with van der Waals surface area (Å²) >= 11 is 12.7. The molecular weight excluding hydrogens is 363 g/mol. The van der Waals surface area contributed by atoms with Crippen LogP contribution in [0.15, 0.2) is 34.5 Å². The van der Waals surface area contributed by atoms with Crippen LogP contribution in [-0.4, -0.2) is 18.1 Å². The first-order valence-electron chi connectivity index (χ1n) is 9.85. The topological polar surface area (TPSA) is 16.1 Å². The number of pyridine rings is 1. The van der Waals surface area contributed by atoms with Crippen molar-refractivity contribution in [3.8, 4) is 0 Å². The smallest absolute Gasteiger partial charge is 0.0555 e. The summed E-state index contributed by atoms with van der Waals surface area (Å²) in [7, 11) is 0. The van der Waals surface area contributed by atoms with Crippen LogP contribution in [0.25, 0.3) is 0 Å². The molecule has 0 aromatic carbocycles. The van der Waals surface area contributed by atoms with Gasteiger partial charge in [0.2, 0.25) is 0 Å². The fraction of sp³-hybridized carbons (Fsp3) is 0.591. The van der Waals surface area contributed by atoms with Gasteiger partial charge in [0.05, 0.1) is 22.6 Å². The van der Waals surface area contributed by atoms with Crippen molar-refractivity contribution < 1.29 is 0 Å². The highest BCUT2D eigenvalue weighted by Gasteiger charge is 2.37. The van der Waals surface area contributed by atoms with Gasteiger partial charge in [-0.3, -0.25) is 4.98 Å². The van der Waals surface area contributed by atoms with Crippen LogP contribution in [0.3, 0.4) is 0 Å². The summed E-state index contributed by atoms with van der Waals surface area (Å²) in [4.78, 5) is 7.27. The predicted molar refractivity (Wildman–Crippen MR) is 113 cm³/mol. The fourth-order valence-corrected chi connectivity index (χ4v) is 5.07. The number of hydrogen-bond acceptors (Lipinski definition) is 2. The number of piperidine rings is 1. The summed E-state index contributed by atoms with van der Waals surface area (Å²) < 4.78 is 0. The summed E-state index contributed by atoms with van der Waals surface area (Å²) in [6.07, 6.45) is 14.1. The molecule has 1 aliphatic carbocycles. The minimum Gasteiger partial charge on any atom is -0.370 e. The van der Waals surface area contributed by atoms with Crippen molar-refractivity contribution in [1.82, 2.24) is 4.98 Å². The van der Waals surface area contributed by atoms with E-state index in [-0.39, 0.29) is 5.92 Å². The molecule has 1 aliphatic heterocycles. The number of hydrogen-bond donors (Lipinski definition) is 0. The fourth-order valence-electron chi connectivity index (χ4n) is 4.61. The highest BCUT2D eigenvalue weighted by Crippen LogP contribution is 2.46. The SMILES string of the molecule is C/C=C\C(Cl)=C(\Cl)C(C)c1ncc(N2CCC3(CCCC3)CC2)cc1C. The van der Waals surface area contributed by atoms with Crippen molar-refractivity contribution in [2.24, 2.45) is 5.41 Å². The third-order valence-electron chi connectivity index (χ3n) is 6.29. The van der Waals surface area contributed by atoms with Crippen molar-refractivity contribution in [3.63, 3.8) is 0 Å². The number of aromatic nitrogens is 1. The van der Waals surface area contributed by atoms with E-state index in [9.17, 15) is 0 Å². The number of aryl methyl sites for hydroxylation is 1. The molecule has 2 nitrogen and oxygen atoms in total. The maximum absolute atomic E-state index is 6.47. The van der Waals surface area contributed by atoms with Gasteiger partial charge in [-0.25, -0.2) is 0 Å². The van der Waals surface area contributed by atoms with E-state index in [1.54, 1.807) is 0 Å². The molecule has 0 N–H and O–H groups in total. The number of halogens is 2. The van der Waals surface area contributed by atoms with Crippen LogP contribution in [0.1, 0.15) is 69.5 Å². The molecule has 1 saturated carbocycles. The molecule has 1 atom stereocenters. The maximum Gasteiger partial charge on any atom is 0.0555 e. The van der Waals surface area contributed by atoms with E-state index in [1.165, 1.54) is 49.8 Å². The molecular formula is C22H30Cl2N2. The van der Waals surface area contributed by atoms with Gasteiger partial charge in [-0.15, -0.1) is 0 Å². The number of anilines is 1. The lowest BCUT2D eigenvalue weighted by Crippen LogP contribution is -2.39. The second-order valence-corrected chi connectivity index (χ2v) is 8.82. The minimum absolute atomic E-state index is 0.00229. The summed E-state index contributed by atoms with van der Waals surface area (Å²) in [6.45, 7) is 8.43. The van der Waals surface area contributed by atoms with E-state index >= 15 is 0 Å². The molecule has 0 bridgehead atoms. The second-order valence-electron chi connectivity index (χ2n) is 8.01. The van der Waals surface area contributed by atoms with Crippen molar-refractivity contribution in [3.05, 3.63) is 45.7 Å². The van der Waals surface area contributed by atoms with Crippen LogP contribution < -0.4 is 4.90 Å². The van der Waals surface area contributed by atoms with Crippen molar-refractivity contribution in [2.45, 2.75) is 65.2 Å². The number of allylic oxidation sites excluding steroid dienone is 4. The molecule has 1 unspecified atom stereocenters.